The molecule has 0 spiro atoms. The maximum Gasteiger partial charge on any atom is 0.359 e. The molecule has 2 aromatic rings. The lowest BCUT2D eigenvalue weighted by molar-refractivity contribution is 0.0688. The van der Waals surface area contributed by atoms with Gasteiger partial charge in [0.1, 0.15) is 5.75 Å². The fraction of sp³-hybridized carbons (Fsp3) is 0.333. The molecule has 0 radical (unpaired) electrons. The Kier molecular flexibility index (Phi) is 6.36. The SMILES string of the molecule is CCCc1nc(C(=O)O)c(Oc2ccc(C#CCN(C)C)cc2)s1. The van der Waals surface area contributed by atoms with E-state index in [0.29, 0.717) is 17.4 Å². The third-order valence-corrected chi connectivity index (χ3v) is 3.99. The summed E-state index contributed by atoms with van der Waals surface area (Å²) in [5, 5.41) is 10.3. The normalized spacial score (nSPS) is 10.3. The van der Waals surface area contributed by atoms with Gasteiger partial charge in [0, 0.05) is 5.56 Å². The lowest BCUT2D eigenvalue weighted by Gasteiger charge is -2.03. The second kappa shape index (κ2) is 8.48. The Morgan fingerprint density at radius 2 is 2.04 bits per heavy atom. The average Bonchev–Trinajstić information content (AvgIpc) is 2.92. The highest BCUT2D eigenvalue weighted by atomic mass is 32.1. The average molecular weight is 344 g/mol. The third kappa shape index (κ3) is 5.08. The Hall–Kier alpha value is -2.36. The van der Waals surface area contributed by atoms with Gasteiger partial charge in [-0.2, -0.15) is 0 Å². The van der Waals surface area contributed by atoms with Gasteiger partial charge in [-0.15, -0.1) is 0 Å². The van der Waals surface area contributed by atoms with Gasteiger partial charge >= 0.3 is 5.97 Å². The smallest absolute Gasteiger partial charge is 0.359 e. The van der Waals surface area contributed by atoms with Gasteiger partial charge in [0.2, 0.25) is 10.8 Å². The van der Waals surface area contributed by atoms with Crippen LogP contribution in [0.2, 0.25) is 0 Å². The Morgan fingerprint density at radius 1 is 1.33 bits per heavy atom. The van der Waals surface area contributed by atoms with Crippen LogP contribution in [0.5, 0.6) is 10.8 Å². The number of aryl methyl sites for hydroxylation is 1. The second-order valence-corrected chi connectivity index (χ2v) is 6.51. The lowest BCUT2D eigenvalue weighted by Crippen LogP contribution is -2.10. The summed E-state index contributed by atoms with van der Waals surface area (Å²) >= 11 is 1.28. The molecular formula is C18H20N2O3S. The van der Waals surface area contributed by atoms with Gasteiger partial charge in [-0.05, 0) is 51.2 Å². The summed E-state index contributed by atoms with van der Waals surface area (Å²) in [4.78, 5) is 17.4. The van der Waals surface area contributed by atoms with Crippen molar-refractivity contribution in [3.05, 3.63) is 40.5 Å². The summed E-state index contributed by atoms with van der Waals surface area (Å²) in [6.07, 6.45) is 1.65. The van der Waals surface area contributed by atoms with Crippen LogP contribution in [0.15, 0.2) is 24.3 Å². The molecule has 0 saturated heterocycles. The van der Waals surface area contributed by atoms with E-state index in [1.54, 1.807) is 12.1 Å². The summed E-state index contributed by atoms with van der Waals surface area (Å²) in [5.41, 5.74) is 0.858. The van der Waals surface area contributed by atoms with Crippen molar-refractivity contribution in [1.82, 2.24) is 9.88 Å². The molecule has 0 aliphatic carbocycles. The van der Waals surface area contributed by atoms with Gasteiger partial charge in [-0.1, -0.05) is 30.1 Å². The van der Waals surface area contributed by atoms with Crippen molar-refractivity contribution >= 4 is 17.3 Å². The summed E-state index contributed by atoms with van der Waals surface area (Å²) in [7, 11) is 3.93. The molecule has 1 aromatic heterocycles. The lowest BCUT2D eigenvalue weighted by atomic mass is 10.2. The fourth-order valence-electron chi connectivity index (χ4n) is 1.89. The molecule has 126 valence electrons. The molecule has 0 atom stereocenters. The van der Waals surface area contributed by atoms with Crippen LogP contribution in [0.1, 0.15) is 34.4 Å². The van der Waals surface area contributed by atoms with Crippen LogP contribution in [-0.2, 0) is 6.42 Å². The van der Waals surface area contributed by atoms with Crippen LogP contribution in [0.3, 0.4) is 0 Å². The van der Waals surface area contributed by atoms with E-state index in [4.69, 9.17) is 4.74 Å². The van der Waals surface area contributed by atoms with Crippen LogP contribution < -0.4 is 4.74 Å². The minimum Gasteiger partial charge on any atom is -0.476 e. The monoisotopic (exact) mass is 344 g/mol. The van der Waals surface area contributed by atoms with Gasteiger partial charge in [0.05, 0.1) is 11.6 Å². The topological polar surface area (TPSA) is 62.7 Å². The zero-order chi connectivity index (χ0) is 17.5. The van der Waals surface area contributed by atoms with E-state index >= 15 is 0 Å². The zero-order valence-electron chi connectivity index (χ0n) is 14.0. The third-order valence-electron chi connectivity index (χ3n) is 3.00. The van der Waals surface area contributed by atoms with E-state index in [2.05, 4.69) is 16.8 Å². The predicted molar refractivity (Wildman–Crippen MR) is 95.0 cm³/mol. The molecule has 0 fully saturated rings. The fourth-order valence-corrected chi connectivity index (χ4v) is 2.91. The number of carbonyl (C=O) groups is 1. The standard InChI is InChI=1S/C18H20N2O3S/c1-4-6-15-19-16(17(21)22)18(24-15)23-14-10-8-13(9-11-14)7-5-12-20(2)3/h8-11H,4,6,12H2,1-3H3,(H,21,22). The van der Waals surface area contributed by atoms with Crippen LogP contribution in [0, 0.1) is 11.8 Å². The molecule has 1 N–H and O–H groups in total. The highest BCUT2D eigenvalue weighted by molar-refractivity contribution is 7.13. The first-order chi connectivity index (χ1) is 11.5. The Bertz CT molecular complexity index is 755. The molecule has 0 aliphatic rings. The number of hydrogen-bond acceptors (Lipinski definition) is 5. The first kappa shape index (κ1) is 18.0. The van der Waals surface area contributed by atoms with Gasteiger partial charge in [0.15, 0.2) is 0 Å². The second-order valence-electron chi connectivity index (χ2n) is 5.46. The van der Waals surface area contributed by atoms with Crippen LogP contribution in [0.25, 0.3) is 0 Å². The molecule has 0 amide bonds. The van der Waals surface area contributed by atoms with Crippen molar-refractivity contribution in [1.29, 1.82) is 0 Å². The first-order valence-corrected chi connectivity index (χ1v) is 8.45. The number of aromatic nitrogens is 1. The predicted octanol–water partition coefficient (Wildman–Crippen LogP) is 3.50. The molecule has 6 heteroatoms. The number of carboxylic acid groups (broad SMARTS) is 1. The van der Waals surface area contributed by atoms with Gasteiger partial charge in [-0.25, -0.2) is 9.78 Å². The quantitative estimate of drug-likeness (QED) is 0.813. The molecule has 2 rings (SSSR count). The number of thiazole rings is 1. The van der Waals surface area contributed by atoms with Crippen LogP contribution in [-0.4, -0.2) is 41.6 Å². The van der Waals surface area contributed by atoms with Gasteiger partial charge in [-0.3, -0.25) is 4.90 Å². The molecule has 0 saturated carbocycles. The van der Waals surface area contributed by atoms with E-state index in [0.717, 1.165) is 23.4 Å². The first-order valence-electron chi connectivity index (χ1n) is 7.64. The summed E-state index contributed by atoms with van der Waals surface area (Å²) in [6, 6.07) is 7.27. The van der Waals surface area contributed by atoms with Crippen molar-refractivity contribution < 1.29 is 14.6 Å². The number of aromatic carboxylic acids is 1. The number of carboxylic acids is 1. The van der Waals surface area contributed by atoms with Crippen LogP contribution in [0.4, 0.5) is 0 Å². The van der Waals surface area contributed by atoms with Gasteiger partial charge in [0.25, 0.3) is 0 Å². The van der Waals surface area contributed by atoms with Crippen molar-refractivity contribution in [2.24, 2.45) is 0 Å². The molecule has 1 aromatic carbocycles. The van der Waals surface area contributed by atoms with Crippen molar-refractivity contribution in [3.63, 3.8) is 0 Å². The number of nitrogens with zero attached hydrogens (tertiary/aromatic N) is 2. The highest BCUT2D eigenvalue weighted by Gasteiger charge is 2.19. The summed E-state index contributed by atoms with van der Waals surface area (Å²) in [6.45, 7) is 2.72. The zero-order valence-corrected chi connectivity index (χ0v) is 14.8. The van der Waals surface area contributed by atoms with Gasteiger partial charge < -0.3 is 9.84 Å². The molecule has 0 bridgehead atoms. The summed E-state index contributed by atoms with van der Waals surface area (Å²) in [5.74, 6) is 5.62. The Morgan fingerprint density at radius 3 is 2.62 bits per heavy atom. The number of rotatable bonds is 6. The Labute approximate surface area is 145 Å². The van der Waals surface area contributed by atoms with Crippen molar-refractivity contribution in [2.45, 2.75) is 19.8 Å². The van der Waals surface area contributed by atoms with E-state index in [9.17, 15) is 9.90 Å². The number of benzene rings is 1. The number of ether oxygens (including phenoxy) is 1. The van der Waals surface area contributed by atoms with E-state index in [1.165, 1.54) is 11.3 Å². The molecule has 5 nitrogen and oxygen atoms in total. The molecule has 0 unspecified atom stereocenters. The van der Waals surface area contributed by atoms with E-state index in [1.807, 2.05) is 38.1 Å². The molecule has 0 aliphatic heterocycles. The van der Waals surface area contributed by atoms with Crippen LogP contribution >= 0.6 is 11.3 Å². The molecule has 1 heterocycles. The highest BCUT2D eigenvalue weighted by Crippen LogP contribution is 2.32. The number of hydrogen-bond donors (Lipinski definition) is 1. The minimum atomic E-state index is -1.07. The molecular weight excluding hydrogens is 324 g/mol. The van der Waals surface area contributed by atoms with E-state index < -0.39 is 5.97 Å². The van der Waals surface area contributed by atoms with Crippen molar-refractivity contribution in [2.75, 3.05) is 20.6 Å². The summed E-state index contributed by atoms with van der Waals surface area (Å²) < 4.78 is 5.71. The van der Waals surface area contributed by atoms with E-state index in [-0.39, 0.29) is 5.69 Å². The maximum absolute atomic E-state index is 11.3. The maximum atomic E-state index is 11.3. The Balaban J connectivity index is 2.13. The largest absolute Gasteiger partial charge is 0.476 e. The minimum absolute atomic E-state index is 0.0294. The molecule has 24 heavy (non-hydrogen) atoms. The van der Waals surface area contributed by atoms with Crippen molar-refractivity contribution in [3.8, 4) is 22.7 Å².